The molecule has 1 atom stereocenters. The van der Waals surface area contributed by atoms with Gasteiger partial charge in [0.05, 0.1) is 5.02 Å². The second-order valence-corrected chi connectivity index (χ2v) is 5.10. The maximum Gasteiger partial charge on any atom is 0.176 e. The summed E-state index contributed by atoms with van der Waals surface area (Å²) in [6.45, 7) is 1.93. The topological polar surface area (TPSA) is 57.5 Å². The van der Waals surface area contributed by atoms with E-state index in [0.717, 1.165) is 24.8 Å². The predicted molar refractivity (Wildman–Crippen MR) is 70.8 cm³/mol. The molecule has 2 N–H and O–H groups in total. The Morgan fingerprint density at radius 2 is 2.11 bits per heavy atom. The summed E-state index contributed by atoms with van der Waals surface area (Å²) in [6, 6.07) is 2.94. The van der Waals surface area contributed by atoms with E-state index in [1.54, 1.807) is 6.08 Å². The van der Waals surface area contributed by atoms with Gasteiger partial charge >= 0.3 is 0 Å². The zero-order chi connectivity index (χ0) is 13.3. The molecule has 1 aliphatic rings. The molecular formula is C14H15ClO3. The number of phenolic OH excluding ortho intramolecular Hbond substituents is 2. The largest absolute Gasteiger partial charge is 0.504 e. The van der Waals surface area contributed by atoms with Gasteiger partial charge in [0.25, 0.3) is 0 Å². The molecule has 1 aromatic rings. The Labute approximate surface area is 111 Å². The first-order valence-electron chi connectivity index (χ1n) is 5.95. The number of hydrogen-bond donors (Lipinski definition) is 2. The van der Waals surface area contributed by atoms with E-state index in [1.165, 1.54) is 12.1 Å². The van der Waals surface area contributed by atoms with Crippen LogP contribution in [0.4, 0.5) is 0 Å². The number of halogens is 1. The second-order valence-electron chi connectivity index (χ2n) is 4.70. The van der Waals surface area contributed by atoms with E-state index in [-0.39, 0.29) is 28.2 Å². The Kier molecular flexibility index (Phi) is 3.62. The van der Waals surface area contributed by atoms with Gasteiger partial charge in [-0.2, -0.15) is 0 Å². The number of Topliss-reactive ketones (excluding diaryl/α,β-unsaturated/α-hetero) is 1. The molecule has 0 aliphatic heterocycles. The van der Waals surface area contributed by atoms with Gasteiger partial charge in [0.15, 0.2) is 17.3 Å². The third-order valence-corrected chi connectivity index (χ3v) is 3.54. The average molecular weight is 267 g/mol. The SMILES string of the molecule is C[C@@H]1CCC/C(=C\c2cc(O)c(O)c(Cl)c2)C1=O. The van der Waals surface area contributed by atoms with Gasteiger partial charge in [0.1, 0.15) is 0 Å². The lowest BCUT2D eigenvalue weighted by Crippen LogP contribution is -2.18. The highest BCUT2D eigenvalue weighted by Gasteiger charge is 2.22. The number of rotatable bonds is 1. The number of carbonyl (C=O) groups is 1. The van der Waals surface area contributed by atoms with E-state index in [0.29, 0.717) is 5.56 Å². The molecule has 0 spiro atoms. The Bertz CT molecular complexity index is 497. The molecule has 0 radical (unpaired) electrons. The van der Waals surface area contributed by atoms with Crippen molar-refractivity contribution in [3.8, 4) is 11.5 Å². The molecule has 0 heterocycles. The van der Waals surface area contributed by atoms with Crippen molar-refractivity contribution in [1.29, 1.82) is 0 Å². The van der Waals surface area contributed by atoms with Crippen molar-refractivity contribution in [2.45, 2.75) is 26.2 Å². The average Bonchev–Trinajstić information content (AvgIpc) is 2.32. The molecule has 1 fully saturated rings. The van der Waals surface area contributed by atoms with Gasteiger partial charge in [-0.15, -0.1) is 0 Å². The van der Waals surface area contributed by atoms with Crippen molar-refractivity contribution in [2.75, 3.05) is 0 Å². The van der Waals surface area contributed by atoms with Crippen LogP contribution < -0.4 is 0 Å². The molecule has 1 aromatic carbocycles. The lowest BCUT2D eigenvalue weighted by Gasteiger charge is -2.19. The fourth-order valence-electron chi connectivity index (χ4n) is 2.20. The fraction of sp³-hybridized carbons (Fsp3) is 0.357. The number of phenols is 2. The number of allylic oxidation sites excluding steroid dienone is 1. The van der Waals surface area contributed by atoms with Crippen LogP contribution in [-0.4, -0.2) is 16.0 Å². The van der Waals surface area contributed by atoms with E-state index in [9.17, 15) is 15.0 Å². The van der Waals surface area contributed by atoms with Crippen LogP contribution in [0.5, 0.6) is 11.5 Å². The molecule has 2 rings (SSSR count). The van der Waals surface area contributed by atoms with E-state index in [2.05, 4.69) is 0 Å². The molecule has 0 saturated heterocycles. The molecule has 0 aromatic heterocycles. The molecule has 3 nitrogen and oxygen atoms in total. The number of carbonyl (C=O) groups excluding carboxylic acids is 1. The van der Waals surface area contributed by atoms with E-state index in [4.69, 9.17) is 11.6 Å². The summed E-state index contributed by atoms with van der Waals surface area (Å²) in [4.78, 5) is 12.0. The van der Waals surface area contributed by atoms with Gasteiger partial charge in [-0.25, -0.2) is 0 Å². The Morgan fingerprint density at radius 1 is 1.39 bits per heavy atom. The van der Waals surface area contributed by atoms with Crippen molar-refractivity contribution in [2.24, 2.45) is 5.92 Å². The van der Waals surface area contributed by atoms with Crippen molar-refractivity contribution >= 4 is 23.5 Å². The summed E-state index contributed by atoms with van der Waals surface area (Å²) in [5.41, 5.74) is 1.39. The summed E-state index contributed by atoms with van der Waals surface area (Å²) < 4.78 is 0. The van der Waals surface area contributed by atoms with Crippen molar-refractivity contribution < 1.29 is 15.0 Å². The lowest BCUT2D eigenvalue weighted by molar-refractivity contribution is -0.119. The Balaban J connectivity index is 2.35. The van der Waals surface area contributed by atoms with Crippen LogP contribution >= 0.6 is 11.6 Å². The van der Waals surface area contributed by atoms with Gasteiger partial charge in [-0.05, 0) is 48.6 Å². The minimum Gasteiger partial charge on any atom is -0.504 e. The number of benzene rings is 1. The Hall–Kier alpha value is -1.48. The first-order valence-corrected chi connectivity index (χ1v) is 6.33. The summed E-state index contributed by atoms with van der Waals surface area (Å²) >= 11 is 5.78. The van der Waals surface area contributed by atoms with Crippen LogP contribution in [0.3, 0.4) is 0 Å². The second kappa shape index (κ2) is 5.02. The van der Waals surface area contributed by atoms with Crippen LogP contribution in [0.1, 0.15) is 31.7 Å². The first kappa shape index (κ1) is 13.0. The molecule has 1 aliphatic carbocycles. The highest BCUT2D eigenvalue weighted by Crippen LogP contribution is 2.35. The van der Waals surface area contributed by atoms with Crippen LogP contribution in [0.25, 0.3) is 6.08 Å². The molecule has 0 unspecified atom stereocenters. The smallest absolute Gasteiger partial charge is 0.176 e. The van der Waals surface area contributed by atoms with Crippen molar-refractivity contribution in [3.63, 3.8) is 0 Å². The standard InChI is InChI=1S/C14H15ClO3/c1-8-3-2-4-10(13(8)17)5-9-6-11(15)14(18)12(16)7-9/h5-8,16,18H,2-4H2,1H3/b10-5+/t8-/m1/s1. The maximum atomic E-state index is 12.0. The monoisotopic (exact) mass is 266 g/mol. The zero-order valence-electron chi connectivity index (χ0n) is 10.1. The zero-order valence-corrected chi connectivity index (χ0v) is 10.9. The highest BCUT2D eigenvalue weighted by atomic mass is 35.5. The van der Waals surface area contributed by atoms with Gasteiger partial charge in [0, 0.05) is 5.92 Å². The van der Waals surface area contributed by atoms with Gasteiger partial charge in [-0.1, -0.05) is 18.5 Å². The maximum absolute atomic E-state index is 12.0. The lowest BCUT2D eigenvalue weighted by atomic mass is 9.84. The number of ketones is 1. The summed E-state index contributed by atoms with van der Waals surface area (Å²) in [6.07, 6.45) is 4.42. The van der Waals surface area contributed by atoms with E-state index >= 15 is 0 Å². The van der Waals surface area contributed by atoms with Gasteiger partial charge < -0.3 is 10.2 Å². The Morgan fingerprint density at radius 3 is 2.78 bits per heavy atom. The minimum absolute atomic E-state index is 0.0613. The molecule has 0 amide bonds. The normalized spacial score (nSPS) is 22.4. The summed E-state index contributed by atoms with van der Waals surface area (Å²) in [5, 5.41) is 18.9. The van der Waals surface area contributed by atoms with Crippen LogP contribution in [0.2, 0.25) is 5.02 Å². The van der Waals surface area contributed by atoms with E-state index in [1.807, 2.05) is 6.92 Å². The molecule has 4 heteroatoms. The molecule has 0 bridgehead atoms. The quantitative estimate of drug-likeness (QED) is 0.604. The van der Waals surface area contributed by atoms with Crippen molar-refractivity contribution in [1.82, 2.24) is 0 Å². The van der Waals surface area contributed by atoms with Gasteiger partial charge in [-0.3, -0.25) is 4.79 Å². The van der Waals surface area contributed by atoms with Crippen LogP contribution in [0, 0.1) is 5.92 Å². The molecule has 18 heavy (non-hydrogen) atoms. The summed E-state index contributed by atoms with van der Waals surface area (Å²) in [5.74, 6) is -0.385. The molecule has 96 valence electrons. The highest BCUT2D eigenvalue weighted by molar-refractivity contribution is 6.32. The fourth-order valence-corrected chi connectivity index (χ4v) is 2.43. The predicted octanol–water partition coefficient (Wildman–Crippen LogP) is 3.52. The van der Waals surface area contributed by atoms with Crippen molar-refractivity contribution in [3.05, 3.63) is 28.3 Å². The molecule has 1 saturated carbocycles. The van der Waals surface area contributed by atoms with E-state index < -0.39 is 0 Å². The van der Waals surface area contributed by atoms with Gasteiger partial charge in [0.2, 0.25) is 0 Å². The third-order valence-electron chi connectivity index (χ3n) is 3.25. The first-order chi connectivity index (χ1) is 8.49. The third kappa shape index (κ3) is 2.51. The number of hydrogen-bond acceptors (Lipinski definition) is 3. The summed E-state index contributed by atoms with van der Waals surface area (Å²) in [7, 11) is 0. The van der Waals surface area contributed by atoms with Crippen LogP contribution in [-0.2, 0) is 4.79 Å². The minimum atomic E-state index is -0.331. The molecular weight excluding hydrogens is 252 g/mol. The van der Waals surface area contributed by atoms with Crippen LogP contribution in [0.15, 0.2) is 17.7 Å². The number of aromatic hydroxyl groups is 2.